The molecule has 0 saturated carbocycles. The van der Waals surface area contributed by atoms with Crippen LogP contribution < -0.4 is 16.0 Å². The average molecular weight is 404 g/mol. The van der Waals surface area contributed by atoms with Crippen molar-refractivity contribution in [2.45, 2.75) is 47.5 Å². The van der Waals surface area contributed by atoms with Crippen LogP contribution in [0.1, 0.15) is 50.8 Å². The Hall–Kier alpha value is -2.94. The Morgan fingerprint density at radius 3 is 2.50 bits per heavy atom. The van der Waals surface area contributed by atoms with Gasteiger partial charge >= 0.3 is 0 Å². The van der Waals surface area contributed by atoms with Crippen LogP contribution in [0.3, 0.4) is 0 Å². The summed E-state index contributed by atoms with van der Waals surface area (Å²) in [6.07, 6.45) is 10.3. The minimum Gasteiger partial charge on any atom is -0.388 e. The van der Waals surface area contributed by atoms with E-state index >= 15 is 0 Å². The molecule has 1 aliphatic heterocycles. The maximum atomic E-state index is 4.50. The van der Waals surface area contributed by atoms with E-state index in [-0.39, 0.29) is 0 Å². The van der Waals surface area contributed by atoms with Crippen LogP contribution >= 0.6 is 0 Å². The van der Waals surface area contributed by atoms with E-state index in [2.05, 4.69) is 81.1 Å². The third-order valence-corrected chi connectivity index (χ3v) is 5.43. The molecule has 160 valence electrons. The van der Waals surface area contributed by atoms with Crippen molar-refractivity contribution in [3.05, 3.63) is 94.5 Å². The van der Waals surface area contributed by atoms with Crippen molar-refractivity contribution >= 4 is 11.3 Å². The molecule has 0 aliphatic carbocycles. The lowest BCUT2D eigenvalue weighted by Crippen LogP contribution is -2.15. The number of allylic oxidation sites excluding steroid dienone is 7. The van der Waals surface area contributed by atoms with Crippen molar-refractivity contribution in [2.24, 2.45) is 0 Å². The Labute approximate surface area is 183 Å². The number of rotatable bonds is 7. The van der Waals surface area contributed by atoms with E-state index in [4.69, 9.17) is 0 Å². The molecular formula is C27H37N3. The van der Waals surface area contributed by atoms with Crippen molar-refractivity contribution in [2.75, 3.05) is 18.9 Å². The molecule has 0 amide bonds. The average Bonchev–Trinajstić information content (AvgIpc) is 2.72. The van der Waals surface area contributed by atoms with Crippen LogP contribution in [0.5, 0.6) is 0 Å². The van der Waals surface area contributed by atoms with Crippen LogP contribution in [0.4, 0.5) is 5.69 Å². The SMILES string of the molecule is C=C(C)/C1=C/N/C=C/C(NCCC)=C(C)\C=C(/c2cc(NC)c(C)cc2CC)C1=C. The molecule has 3 heteroatoms. The molecule has 0 unspecified atom stereocenters. The second kappa shape index (κ2) is 10.7. The van der Waals surface area contributed by atoms with Crippen LogP contribution in [0.25, 0.3) is 5.57 Å². The lowest BCUT2D eigenvalue weighted by atomic mass is 9.85. The van der Waals surface area contributed by atoms with Gasteiger partial charge in [0.2, 0.25) is 0 Å². The summed E-state index contributed by atoms with van der Waals surface area (Å²) in [5, 5.41) is 10.2. The highest BCUT2D eigenvalue weighted by Crippen LogP contribution is 2.36. The monoisotopic (exact) mass is 403 g/mol. The van der Waals surface area contributed by atoms with Crippen molar-refractivity contribution in [1.29, 1.82) is 0 Å². The summed E-state index contributed by atoms with van der Waals surface area (Å²) >= 11 is 0. The zero-order valence-electron chi connectivity index (χ0n) is 19.5. The fourth-order valence-electron chi connectivity index (χ4n) is 3.67. The first kappa shape index (κ1) is 23.3. The summed E-state index contributed by atoms with van der Waals surface area (Å²) in [6, 6.07) is 4.54. The first-order valence-corrected chi connectivity index (χ1v) is 10.8. The Bertz CT molecular complexity index is 939. The highest BCUT2D eigenvalue weighted by atomic mass is 14.9. The van der Waals surface area contributed by atoms with Gasteiger partial charge < -0.3 is 16.0 Å². The van der Waals surface area contributed by atoms with Crippen LogP contribution in [-0.4, -0.2) is 13.6 Å². The fraction of sp³-hybridized carbons (Fsp3) is 0.333. The zero-order valence-corrected chi connectivity index (χ0v) is 19.5. The van der Waals surface area contributed by atoms with Gasteiger partial charge in [-0.3, -0.25) is 0 Å². The van der Waals surface area contributed by atoms with E-state index in [0.29, 0.717) is 0 Å². The maximum Gasteiger partial charge on any atom is 0.0384 e. The number of benzene rings is 1. The molecule has 0 spiro atoms. The predicted octanol–water partition coefficient (Wildman–Crippen LogP) is 6.39. The summed E-state index contributed by atoms with van der Waals surface area (Å²) in [5.41, 5.74) is 11.3. The molecular weight excluding hydrogens is 366 g/mol. The molecule has 3 nitrogen and oxygen atoms in total. The fourth-order valence-corrected chi connectivity index (χ4v) is 3.67. The number of hydrogen-bond donors (Lipinski definition) is 3. The quantitative estimate of drug-likeness (QED) is 0.494. The van der Waals surface area contributed by atoms with Crippen LogP contribution in [0.15, 0.2) is 77.8 Å². The van der Waals surface area contributed by atoms with Gasteiger partial charge in [-0.2, -0.15) is 0 Å². The van der Waals surface area contributed by atoms with E-state index in [1.165, 1.54) is 22.3 Å². The normalized spacial score (nSPS) is 21.6. The molecule has 1 aromatic rings. The van der Waals surface area contributed by atoms with E-state index in [9.17, 15) is 0 Å². The zero-order chi connectivity index (χ0) is 22.3. The van der Waals surface area contributed by atoms with Gasteiger partial charge in [0, 0.05) is 42.9 Å². The Balaban J connectivity index is 2.80. The minimum absolute atomic E-state index is 0.933. The molecule has 0 atom stereocenters. The Kier molecular flexibility index (Phi) is 8.35. The highest BCUT2D eigenvalue weighted by molar-refractivity contribution is 5.88. The van der Waals surface area contributed by atoms with Crippen LogP contribution in [0, 0.1) is 6.92 Å². The molecule has 0 fully saturated rings. The van der Waals surface area contributed by atoms with E-state index in [1.807, 2.05) is 26.4 Å². The van der Waals surface area contributed by atoms with Gasteiger partial charge in [0.05, 0.1) is 0 Å². The van der Waals surface area contributed by atoms with Crippen molar-refractivity contribution in [3.8, 4) is 0 Å². The highest BCUT2D eigenvalue weighted by Gasteiger charge is 2.17. The number of anilines is 1. The number of nitrogens with one attached hydrogen (secondary N) is 3. The molecule has 1 aromatic carbocycles. The van der Waals surface area contributed by atoms with Gasteiger partial charge in [-0.05, 0) is 90.8 Å². The second-order valence-electron chi connectivity index (χ2n) is 7.83. The molecule has 0 radical (unpaired) electrons. The molecule has 1 aliphatic rings. The first-order valence-electron chi connectivity index (χ1n) is 10.8. The van der Waals surface area contributed by atoms with Gasteiger partial charge in [-0.25, -0.2) is 0 Å². The van der Waals surface area contributed by atoms with Gasteiger partial charge in [0.1, 0.15) is 0 Å². The topological polar surface area (TPSA) is 36.1 Å². The number of aryl methyl sites for hydroxylation is 2. The summed E-state index contributed by atoms with van der Waals surface area (Å²) in [4.78, 5) is 0. The van der Waals surface area contributed by atoms with Gasteiger partial charge in [-0.1, -0.05) is 33.1 Å². The number of hydrogen-bond acceptors (Lipinski definition) is 3. The first-order chi connectivity index (χ1) is 14.3. The predicted molar refractivity (Wildman–Crippen MR) is 133 cm³/mol. The van der Waals surface area contributed by atoms with E-state index < -0.39 is 0 Å². The summed E-state index contributed by atoms with van der Waals surface area (Å²) < 4.78 is 0. The standard InChI is InChI=1S/C27H37N3/c1-9-12-30-26-11-13-29-17-25(18(3)4)21(7)23(15-20(26)6)24-16-27(28-8)19(5)14-22(24)10-2/h11,13-17,28-30H,3,7,9-10,12H2,1-2,4-6,8H3/b13-11+,23-15-,25-17-,26-20+. The molecule has 0 aromatic heterocycles. The van der Waals surface area contributed by atoms with E-state index in [1.54, 1.807) is 0 Å². The van der Waals surface area contributed by atoms with Crippen molar-refractivity contribution in [1.82, 2.24) is 10.6 Å². The van der Waals surface area contributed by atoms with Crippen LogP contribution in [-0.2, 0) is 6.42 Å². The third kappa shape index (κ3) is 5.35. The smallest absolute Gasteiger partial charge is 0.0384 e. The maximum absolute atomic E-state index is 4.50. The van der Waals surface area contributed by atoms with Gasteiger partial charge in [0.15, 0.2) is 0 Å². The van der Waals surface area contributed by atoms with Crippen LogP contribution in [0.2, 0.25) is 0 Å². The van der Waals surface area contributed by atoms with Crippen molar-refractivity contribution < 1.29 is 0 Å². The third-order valence-electron chi connectivity index (χ3n) is 5.43. The molecule has 0 saturated heterocycles. The molecule has 0 bridgehead atoms. The van der Waals surface area contributed by atoms with Gasteiger partial charge in [0.25, 0.3) is 0 Å². The largest absolute Gasteiger partial charge is 0.388 e. The summed E-state index contributed by atoms with van der Waals surface area (Å²) in [6.45, 7) is 20.3. The molecule has 3 N–H and O–H groups in total. The summed E-state index contributed by atoms with van der Waals surface area (Å²) in [5.74, 6) is 0. The minimum atomic E-state index is 0.933. The second-order valence-corrected chi connectivity index (χ2v) is 7.83. The molecule has 30 heavy (non-hydrogen) atoms. The lowest BCUT2D eigenvalue weighted by Gasteiger charge is -2.21. The molecule has 1 heterocycles. The van der Waals surface area contributed by atoms with Crippen molar-refractivity contribution in [3.63, 3.8) is 0 Å². The van der Waals surface area contributed by atoms with E-state index in [0.717, 1.165) is 53.1 Å². The Morgan fingerprint density at radius 2 is 1.90 bits per heavy atom. The summed E-state index contributed by atoms with van der Waals surface area (Å²) in [7, 11) is 1.97. The lowest BCUT2D eigenvalue weighted by molar-refractivity contribution is 0.778. The van der Waals surface area contributed by atoms with Gasteiger partial charge in [-0.15, -0.1) is 0 Å². The Morgan fingerprint density at radius 1 is 1.17 bits per heavy atom. The molecule has 2 rings (SSSR count).